The zero-order valence-electron chi connectivity index (χ0n) is 27.3. The van der Waals surface area contributed by atoms with Gasteiger partial charge in [0.05, 0.1) is 18.2 Å². The molecule has 0 unspecified atom stereocenters. The number of hydrogen-bond donors (Lipinski definition) is 0. The van der Waals surface area contributed by atoms with Crippen molar-refractivity contribution in [2.24, 2.45) is 0 Å². The fraction of sp³-hybridized carbons (Fsp3) is 0.308. The summed E-state index contributed by atoms with van der Waals surface area (Å²) in [5, 5.41) is 10.5. The standard InChI is InChI=1S/C39H38N4O3/c1-38(2)16-18-43-19-17-39(3,4)34-35(43)32(38)23-28-20-26(37(44)46-36(28)34)11-15-31-22-27(33(24-40)41-5)21-30(45-31)14-10-25-8-12-29(13-9-25)42(6)7/h8-15,20-23H,16-19H2,1-4,6-7H3. The van der Waals surface area contributed by atoms with Gasteiger partial charge >= 0.3 is 5.63 Å². The third-order valence-corrected chi connectivity index (χ3v) is 9.36. The molecule has 1 aromatic heterocycles. The van der Waals surface area contributed by atoms with E-state index in [-0.39, 0.29) is 16.5 Å². The average Bonchev–Trinajstić information content (AvgIpc) is 3.02. The van der Waals surface area contributed by atoms with Crippen molar-refractivity contribution in [1.29, 1.82) is 5.26 Å². The molecule has 4 heterocycles. The van der Waals surface area contributed by atoms with Gasteiger partial charge in [0.2, 0.25) is 0 Å². The summed E-state index contributed by atoms with van der Waals surface area (Å²) in [6.07, 6.45) is 12.4. The van der Waals surface area contributed by atoms with Crippen molar-refractivity contribution in [2.45, 2.75) is 51.4 Å². The van der Waals surface area contributed by atoms with Gasteiger partial charge in [-0.15, -0.1) is 0 Å². The Hall–Kier alpha value is -5.27. The molecular weight excluding hydrogens is 572 g/mol. The SMILES string of the molecule is [C-]#[N+]C(C#N)=C1C=C(C=Cc2ccc(N(C)C)cc2)OC(C=Cc2cc3cc4c5c(c3oc2=O)C(C)(C)CCN5CCC4(C)C)=C1. The molecule has 0 radical (unpaired) electrons. The average molecular weight is 611 g/mol. The summed E-state index contributed by atoms with van der Waals surface area (Å²) in [5.74, 6) is 0.866. The fourth-order valence-electron chi connectivity index (χ4n) is 6.52. The summed E-state index contributed by atoms with van der Waals surface area (Å²) >= 11 is 0. The summed E-state index contributed by atoms with van der Waals surface area (Å²) in [6, 6.07) is 14.1. The zero-order chi connectivity index (χ0) is 32.8. The molecule has 0 saturated heterocycles. The van der Waals surface area contributed by atoms with Crippen LogP contribution in [0.5, 0.6) is 0 Å². The van der Waals surface area contributed by atoms with Crippen LogP contribution >= 0.6 is 0 Å². The molecule has 46 heavy (non-hydrogen) atoms. The largest absolute Gasteiger partial charge is 0.457 e. The van der Waals surface area contributed by atoms with Crippen molar-refractivity contribution >= 4 is 34.5 Å². The number of benzene rings is 2. The van der Waals surface area contributed by atoms with Gasteiger partial charge in [-0.1, -0.05) is 45.9 Å². The summed E-state index contributed by atoms with van der Waals surface area (Å²) in [7, 11) is 3.98. The molecular formula is C39H38N4O3. The first-order chi connectivity index (χ1) is 21.9. The third-order valence-electron chi connectivity index (χ3n) is 9.36. The maximum atomic E-state index is 13.4. The Bertz CT molecular complexity index is 2020. The highest BCUT2D eigenvalue weighted by Crippen LogP contribution is 2.51. The zero-order valence-corrected chi connectivity index (χ0v) is 27.3. The minimum Gasteiger partial charge on any atom is -0.457 e. The number of fused-ring (bicyclic) bond motifs is 2. The first kappa shape index (κ1) is 30.7. The normalized spacial score (nSPS) is 19.2. The Morgan fingerprint density at radius 1 is 0.978 bits per heavy atom. The van der Waals surface area contributed by atoms with Gasteiger partial charge in [-0.25, -0.2) is 14.9 Å². The van der Waals surface area contributed by atoms with Crippen molar-refractivity contribution in [3.63, 3.8) is 0 Å². The Balaban J connectivity index is 1.37. The molecule has 0 N–H and O–H groups in total. The van der Waals surface area contributed by atoms with Crippen LogP contribution in [-0.2, 0) is 15.6 Å². The van der Waals surface area contributed by atoms with Crippen LogP contribution in [0.4, 0.5) is 11.4 Å². The van der Waals surface area contributed by atoms with E-state index in [0.717, 1.165) is 48.1 Å². The van der Waals surface area contributed by atoms with Crippen molar-refractivity contribution in [3.05, 3.63) is 128 Å². The van der Waals surface area contributed by atoms with Crippen molar-refractivity contribution in [1.82, 2.24) is 0 Å². The molecule has 0 bridgehead atoms. The van der Waals surface area contributed by atoms with Crippen LogP contribution in [0.1, 0.15) is 62.8 Å². The van der Waals surface area contributed by atoms with Crippen molar-refractivity contribution in [3.8, 4) is 6.07 Å². The predicted octanol–water partition coefficient (Wildman–Crippen LogP) is 8.25. The van der Waals surface area contributed by atoms with Crippen molar-refractivity contribution < 1.29 is 9.15 Å². The van der Waals surface area contributed by atoms with E-state index >= 15 is 0 Å². The lowest BCUT2D eigenvalue weighted by atomic mass is 9.69. The van der Waals surface area contributed by atoms with Crippen LogP contribution in [0.25, 0.3) is 28.0 Å². The van der Waals surface area contributed by atoms with E-state index in [1.54, 1.807) is 30.4 Å². The molecule has 0 aliphatic carbocycles. The lowest BCUT2D eigenvalue weighted by Crippen LogP contribution is -2.44. The number of rotatable bonds is 5. The van der Waals surface area contributed by atoms with E-state index in [0.29, 0.717) is 28.2 Å². The van der Waals surface area contributed by atoms with Gasteiger partial charge in [-0.05, 0) is 95.0 Å². The van der Waals surface area contributed by atoms with Crippen LogP contribution in [0.3, 0.4) is 0 Å². The lowest BCUT2D eigenvalue weighted by molar-refractivity contribution is 0.332. The lowest BCUT2D eigenvalue weighted by Gasteiger charge is -2.48. The minimum absolute atomic E-state index is 0.00378. The van der Waals surface area contributed by atoms with Crippen LogP contribution < -0.4 is 15.4 Å². The second-order valence-corrected chi connectivity index (χ2v) is 13.7. The monoisotopic (exact) mass is 610 g/mol. The Morgan fingerprint density at radius 2 is 1.63 bits per heavy atom. The van der Waals surface area contributed by atoms with E-state index < -0.39 is 5.63 Å². The molecule has 0 saturated carbocycles. The van der Waals surface area contributed by atoms with E-state index in [1.807, 2.05) is 61.5 Å². The van der Waals surface area contributed by atoms with Gasteiger partial charge < -0.3 is 19.0 Å². The van der Waals surface area contributed by atoms with Gasteiger partial charge in [0, 0.05) is 49.5 Å². The Labute approximate surface area is 270 Å². The molecule has 0 amide bonds. The summed E-state index contributed by atoms with van der Waals surface area (Å²) < 4.78 is 12.3. The third kappa shape index (κ3) is 5.66. The summed E-state index contributed by atoms with van der Waals surface area (Å²) in [6.45, 7) is 18.5. The number of hydrogen-bond acceptors (Lipinski definition) is 6. The molecule has 3 aromatic rings. The van der Waals surface area contributed by atoms with E-state index in [9.17, 15) is 10.1 Å². The summed E-state index contributed by atoms with van der Waals surface area (Å²) in [4.78, 5) is 21.3. The molecule has 7 heteroatoms. The fourth-order valence-corrected chi connectivity index (χ4v) is 6.52. The number of anilines is 2. The smallest absolute Gasteiger partial charge is 0.343 e. The molecule has 0 spiro atoms. The molecule has 0 fully saturated rings. The van der Waals surface area contributed by atoms with Crippen molar-refractivity contribution in [2.75, 3.05) is 37.0 Å². The van der Waals surface area contributed by atoms with Gasteiger partial charge in [0.15, 0.2) is 0 Å². The molecule has 3 aliphatic heterocycles. The number of nitriles is 1. The first-order valence-electron chi connectivity index (χ1n) is 15.6. The van der Waals surface area contributed by atoms with E-state index in [4.69, 9.17) is 15.7 Å². The van der Waals surface area contributed by atoms with Gasteiger partial charge in [0.1, 0.15) is 17.1 Å². The maximum Gasteiger partial charge on any atom is 0.343 e. The molecule has 2 aromatic carbocycles. The highest BCUT2D eigenvalue weighted by atomic mass is 16.5. The van der Waals surface area contributed by atoms with Crippen LogP contribution in [0.2, 0.25) is 0 Å². The number of nitrogens with zero attached hydrogens (tertiary/aromatic N) is 4. The van der Waals surface area contributed by atoms with E-state index in [1.165, 1.54) is 11.3 Å². The molecule has 0 atom stereocenters. The molecule has 3 aliphatic rings. The maximum absolute atomic E-state index is 13.4. The Morgan fingerprint density at radius 3 is 2.26 bits per heavy atom. The van der Waals surface area contributed by atoms with E-state index in [2.05, 4.69) is 43.5 Å². The quantitative estimate of drug-likeness (QED) is 0.165. The van der Waals surface area contributed by atoms with Crippen LogP contribution in [0.15, 0.2) is 92.7 Å². The first-order valence-corrected chi connectivity index (χ1v) is 15.6. The van der Waals surface area contributed by atoms with Crippen LogP contribution in [0, 0.1) is 17.9 Å². The topological polar surface area (TPSA) is 74.1 Å². The van der Waals surface area contributed by atoms with Gasteiger partial charge in [-0.3, -0.25) is 0 Å². The number of ether oxygens (including phenoxy) is 1. The summed E-state index contributed by atoms with van der Waals surface area (Å²) in [5.41, 5.74) is 6.63. The highest BCUT2D eigenvalue weighted by molar-refractivity contribution is 5.91. The van der Waals surface area contributed by atoms with Crippen LogP contribution in [-0.4, -0.2) is 27.2 Å². The molecule has 232 valence electrons. The number of allylic oxidation sites excluding steroid dienone is 6. The Kier molecular flexibility index (Phi) is 7.74. The highest BCUT2D eigenvalue weighted by Gasteiger charge is 2.41. The van der Waals surface area contributed by atoms with Gasteiger partial charge in [-0.2, -0.15) is 0 Å². The second-order valence-electron chi connectivity index (χ2n) is 13.7. The van der Waals surface area contributed by atoms with Gasteiger partial charge in [0.25, 0.3) is 5.70 Å². The predicted molar refractivity (Wildman–Crippen MR) is 185 cm³/mol. The molecule has 6 rings (SSSR count). The second kappa shape index (κ2) is 11.6. The minimum atomic E-state index is -0.425. The molecule has 7 nitrogen and oxygen atoms in total.